The molecule has 178 valence electrons. The lowest BCUT2D eigenvalue weighted by Gasteiger charge is -2.26. The smallest absolute Gasteiger partial charge is 0.417 e. The summed E-state index contributed by atoms with van der Waals surface area (Å²) in [6, 6.07) is 6.32. The van der Waals surface area contributed by atoms with E-state index in [1.165, 1.54) is 4.52 Å². The summed E-state index contributed by atoms with van der Waals surface area (Å²) in [5.74, 6) is -0.449. The van der Waals surface area contributed by atoms with Crippen LogP contribution >= 0.6 is 0 Å². The van der Waals surface area contributed by atoms with Gasteiger partial charge in [-0.2, -0.15) is 4.98 Å². The van der Waals surface area contributed by atoms with Gasteiger partial charge in [-0.25, -0.2) is 19.2 Å². The molecule has 1 saturated heterocycles. The van der Waals surface area contributed by atoms with Crippen LogP contribution in [-0.4, -0.2) is 60.6 Å². The molecule has 1 atom stereocenters. The molecule has 0 aliphatic carbocycles. The molecule has 1 aliphatic heterocycles. The van der Waals surface area contributed by atoms with Crippen molar-refractivity contribution in [1.82, 2.24) is 24.5 Å². The second-order valence-corrected chi connectivity index (χ2v) is 8.73. The summed E-state index contributed by atoms with van der Waals surface area (Å²) < 4.78 is 12.4. The molecule has 4 rings (SSSR count). The predicted molar refractivity (Wildman–Crippen MR) is 122 cm³/mol. The Kier molecular flexibility index (Phi) is 6.18. The number of fused-ring (bicyclic) bond motifs is 1. The number of pyridine rings is 2. The average molecular weight is 466 g/mol. The molecule has 11 nitrogen and oxygen atoms in total. The van der Waals surface area contributed by atoms with Crippen molar-refractivity contribution in [2.45, 2.75) is 52.2 Å². The molecule has 1 fully saturated rings. The zero-order valence-corrected chi connectivity index (χ0v) is 19.4. The number of anilines is 1. The third-order valence-electron chi connectivity index (χ3n) is 5.03. The molecule has 3 aromatic rings. The van der Waals surface area contributed by atoms with Crippen LogP contribution in [0.4, 0.5) is 10.7 Å². The van der Waals surface area contributed by atoms with E-state index in [4.69, 9.17) is 9.47 Å². The van der Waals surface area contributed by atoms with Gasteiger partial charge in [0.2, 0.25) is 23.6 Å². The van der Waals surface area contributed by atoms with Crippen molar-refractivity contribution in [2.75, 3.05) is 11.9 Å². The second-order valence-electron chi connectivity index (χ2n) is 8.73. The van der Waals surface area contributed by atoms with Gasteiger partial charge in [-0.3, -0.25) is 14.9 Å². The summed E-state index contributed by atoms with van der Waals surface area (Å²) in [5.41, 5.74) is 1.32. The van der Waals surface area contributed by atoms with Crippen molar-refractivity contribution < 1.29 is 23.9 Å². The molecule has 0 spiro atoms. The number of imide groups is 1. The number of likely N-dealkylation sites (tertiary alicyclic amines) is 1. The number of ether oxygens (including phenoxy) is 2. The molecule has 34 heavy (non-hydrogen) atoms. The second kappa shape index (κ2) is 9.08. The van der Waals surface area contributed by atoms with E-state index in [-0.39, 0.29) is 18.8 Å². The van der Waals surface area contributed by atoms with Crippen molar-refractivity contribution in [3.8, 4) is 17.0 Å². The van der Waals surface area contributed by atoms with E-state index in [0.29, 0.717) is 18.1 Å². The maximum atomic E-state index is 12.9. The highest BCUT2D eigenvalue weighted by molar-refractivity contribution is 6.04. The maximum Gasteiger partial charge on any atom is 0.417 e. The van der Waals surface area contributed by atoms with Crippen LogP contribution in [0.25, 0.3) is 16.8 Å². The van der Waals surface area contributed by atoms with Crippen LogP contribution in [0.5, 0.6) is 5.88 Å². The average Bonchev–Trinajstić information content (AvgIpc) is 3.35. The SMILES string of the molecule is CCOc1ncccc1-c1ccc2nc(NC(=O)[C@H]3CCC(=O)N3C(=O)OC(C)(C)C)nn2c1. The number of carbonyl (C=O) groups is 3. The highest BCUT2D eigenvalue weighted by atomic mass is 16.6. The minimum atomic E-state index is -0.992. The molecule has 0 bridgehead atoms. The number of carbonyl (C=O) groups excluding carboxylic acids is 3. The summed E-state index contributed by atoms with van der Waals surface area (Å²) in [6.45, 7) is 7.44. The number of nitrogens with zero attached hydrogens (tertiary/aromatic N) is 5. The monoisotopic (exact) mass is 466 g/mol. The molecule has 1 aliphatic rings. The van der Waals surface area contributed by atoms with Crippen molar-refractivity contribution in [3.63, 3.8) is 0 Å². The Bertz CT molecular complexity index is 1250. The number of aromatic nitrogens is 4. The molecule has 3 aromatic heterocycles. The molecule has 4 heterocycles. The Morgan fingerprint density at radius 2 is 2.03 bits per heavy atom. The number of hydrogen-bond donors (Lipinski definition) is 1. The molecule has 11 heteroatoms. The van der Waals surface area contributed by atoms with E-state index < -0.39 is 29.6 Å². The lowest BCUT2D eigenvalue weighted by molar-refractivity contribution is -0.132. The lowest BCUT2D eigenvalue weighted by Crippen LogP contribution is -2.47. The summed E-state index contributed by atoms with van der Waals surface area (Å²) >= 11 is 0. The van der Waals surface area contributed by atoms with Gasteiger partial charge < -0.3 is 9.47 Å². The fourth-order valence-corrected chi connectivity index (χ4v) is 3.62. The van der Waals surface area contributed by atoms with E-state index in [0.717, 1.165) is 16.0 Å². The Morgan fingerprint density at radius 1 is 1.24 bits per heavy atom. The summed E-state index contributed by atoms with van der Waals surface area (Å²) in [7, 11) is 0. The maximum absolute atomic E-state index is 12.9. The molecular weight excluding hydrogens is 440 g/mol. The highest BCUT2D eigenvalue weighted by Gasteiger charge is 2.42. The minimum Gasteiger partial charge on any atom is -0.478 e. The van der Waals surface area contributed by atoms with Gasteiger partial charge in [0, 0.05) is 29.9 Å². The number of amides is 3. The van der Waals surface area contributed by atoms with Gasteiger partial charge in [0.25, 0.3) is 0 Å². The Morgan fingerprint density at radius 3 is 2.76 bits per heavy atom. The first-order valence-corrected chi connectivity index (χ1v) is 11.0. The van der Waals surface area contributed by atoms with Gasteiger partial charge in [0.15, 0.2) is 5.65 Å². The minimum absolute atomic E-state index is 0.0573. The van der Waals surface area contributed by atoms with Gasteiger partial charge in [-0.1, -0.05) is 0 Å². The third kappa shape index (κ3) is 4.82. The van der Waals surface area contributed by atoms with Gasteiger partial charge >= 0.3 is 6.09 Å². The fraction of sp³-hybridized carbons (Fsp3) is 0.391. The quantitative estimate of drug-likeness (QED) is 0.608. The highest BCUT2D eigenvalue weighted by Crippen LogP contribution is 2.28. The first-order valence-electron chi connectivity index (χ1n) is 11.0. The normalized spacial score (nSPS) is 16.1. The third-order valence-corrected chi connectivity index (χ3v) is 5.03. The van der Waals surface area contributed by atoms with Crippen LogP contribution in [0.1, 0.15) is 40.5 Å². The zero-order valence-electron chi connectivity index (χ0n) is 19.4. The van der Waals surface area contributed by atoms with Gasteiger partial charge in [0.05, 0.1) is 6.61 Å². The van der Waals surface area contributed by atoms with Gasteiger partial charge in [0.1, 0.15) is 11.6 Å². The molecule has 1 N–H and O–H groups in total. The van der Waals surface area contributed by atoms with E-state index in [9.17, 15) is 14.4 Å². The van der Waals surface area contributed by atoms with Crippen LogP contribution in [0.2, 0.25) is 0 Å². The lowest BCUT2D eigenvalue weighted by atomic mass is 10.1. The van der Waals surface area contributed by atoms with Crippen LogP contribution < -0.4 is 10.1 Å². The summed E-state index contributed by atoms with van der Waals surface area (Å²) in [6.07, 6.45) is 2.84. The first kappa shape index (κ1) is 23.1. The van der Waals surface area contributed by atoms with E-state index in [1.54, 1.807) is 39.2 Å². The Hall–Kier alpha value is -4.02. The zero-order chi connectivity index (χ0) is 24.5. The number of rotatable bonds is 5. The van der Waals surface area contributed by atoms with Crippen molar-refractivity contribution in [3.05, 3.63) is 36.7 Å². The molecule has 0 radical (unpaired) electrons. The largest absolute Gasteiger partial charge is 0.478 e. The molecule has 3 amide bonds. The Balaban J connectivity index is 1.54. The van der Waals surface area contributed by atoms with Crippen molar-refractivity contribution in [1.29, 1.82) is 0 Å². The number of nitrogens with one attached hydrogen (secondary N) is 1. The topological polar surface area (TPSA) is 128 Å². The predicted octanol–water partition coefficient (Wildman–Crippen LogP) is 3.05. The van der Waals surface area contributed by atoms with Crippen molar-refractivity contribution in [2.24, 2.45) is 0 Å². The van der Waals surface area contributed by atoms with Crippen molar-refractivity contribution >= 4 is 29.5 Å². The van der Waals surface area contributed by atoms with Crippen LogP contribution in [-0.2, 0) is 14.3 Å². The molecule has 0 unspecified atom stereocenters. The molecule has 0 saturated carbocycles. The molecular formula is C23H26N6O5. The van der Waals surface area contributed by atoms with E-state index in [1.807, 2.05) is 25.1 Å². The Labute approximate surface area is 196 Å². The van der Waals surface area contributed by atoms with Gasteiger partial charge in [-0.05, 0) is 58.4 Å². The summed E-state index contributed by atoms with van der Waals surface area (Å²) in [4.78, 5) is 47.1. The van der Waals surface area contributed by atoms with E-state index in [2.05, 4.69) is 20.4 Å². The van der Waals surface area contributed by atoms with Gasteiger partial charge in [-0.15, -0.1) is 5.10 Å². The van der Waals surface area contributed by atoms with E-state index >= 15 is 0 Å². The molecule has 0 aromatic carbocycles. The first-order chi connectivity index (χ1) is 16.2. The summed E-state index contributed by atoms with van der Waals surface area (Å²) in [5, 5.41) is 6.94. The number of hydrogen-bond acceptors (Lipinski definition) is 8. The van der Waals surface area contributed by atoms with Crippen LogP contribution in [0, 0.1) is 0 Å². The standard InChI is InChI=1S/C23H26N6O5/c1-5-33-20-15(7-6-12-24-20)14-8-10-17-25-21(27-28(17)13-14)26-19(31)16-9-11-18(30)29(16)22(32)34-23(2,3)4/h6-8,10,12-13,16H,5,9,11H2,1-4H3,(H,26,27,31)/t16-/m1/s1. The van der Waals surface area contributed by atoms with Crippen LogP contribution in [0.3, 0.4) is 0 Å². The fourth-order valence-electron chi connectivity index (χ4n) is 3.62. The van der Waals surface area contributed by atoms with Crippen LogP contribution in [0.15, 0.2) is 36.7 Å².